The van der Waals surface area contributed by atoms with E-state index in [4.69, 9.17) is 4.74 Å². The molecular weight excluding hydrogens is 293 g/mol. The molecule has 1 aliphatic carbocycles. The minimum atomic E-state index is -0.690. The number of carbonyl (C=O) groups is 1. The molecule has 1 heterocycles. The molecular formula is C19H18FNO2. The third kappa shape index (κ3) is 3.83. The van der Waals surface area contributed by atoms with E-state index in [1.54, 1.807) is 30.5 Å². The Morgan fingerprint density at radius 2 is 2.13 bits per heavy atom. The molecule has 0 amide bonds. The second kappa shape index (κ2) is 7.18. The number of rotatable bonds is 4. The Labute approximate surface area is 134 Å². The number of hydrogen-bond acceptors (Lipinski definition) is 3. The Balaban J connectivity index is 1.86. The number of pyridine rings is 1. The highest BCUT2D eigenvalue weighted by Crippen LogP contribution is 2.28. The predicted octanol–water partition coefficient (Wildman–Crippen LogP) is 4.21. The van der Waals surface area contributed by atoms with Gasteiger partial charge in [-0.3, -0.25) is 9.78 Å². The van der Waals surface area contributed by atoms with Crippen LogP contribution in [0.15, 0.2) is 60.8 Å². The number of allylic oxidation sites excluding steroid dienone is 2. The van der Waals surface area contributed by atoms with E-state index >= 15 is 0 Å². The lowest BCUT2D eigenvalue weighted by Gasteiger charge is -2.22. The number of hydrogen-bond donors (Lipinski definition) is 0. The second-order valence-electron chi connectivity index (χ2n) is 5.61. The van der Waals surface area contributed by atoms with Crippen molar-refractivity contribution in [1.82, 2.24) is 4.98 Å². The number of ether oxygens (including phenoxy) is 1. The summed E-state index contributed by atoms with van der Waals surface area (Å²) in [6, 6.07) is 11.5. The van der Waals surface area contributed by atoms with Crippen LogP contribution in [0, 0.1) is 11.7 Å². The van der Waals surface area contributed by atoms with Crippen LogP contribution >= 0.6 is 0 Å². The largest absolute Gasteiger partial charge is 0.451 e. The first-order valence-corrected chi connectivity index (χ1v) is 7.76. The number of benzene rings is 1. The summed E-state index contributed by atoms with van der Waals surface area (Å²) in [4.78, 5) is 16.7. The monoisotopic (exact) mass is 311 g/mol. The van der Waals surface area contributed by atoms with Crippen LogP contribution in [0.5, 0.6) is 0 Å². The summed E-state index contributed by atoms with van der Waals surface area (Å²) in [5.41, 5.74) is 1.18. The predicted molar refractivity (Wildman–Crippen MR) is 85.1 cm³/mol. The van der Waals surface area contributed by atoms with Crippen molar-refractivity contribution in [2.24, 2.45) is 5.92 Å². The molecule has 3 nitrogen and oxygen atoms in total. The van der Waals surface area contributed by atoms with Crippen LogP contribution in [0.4, 0.5) is 4.39 Å². The molecule has 0 fully saturated rings. The molecule has 23 heavy (non-hydrogen) atoms. The third-order valence-corrected chi connectivity index (χ3v) is 3.94. The van der Waals surface area contributed by atoms with Crippen molar-refractivity contribution in [2.45, 2.75) is 25.4 Å². The van der Waals surface area contributed by atoms with Gasteiger partial charge >= 0.3 is 5.97 Å². The normalized spacial score (nSPS) is 18.4. The first-order chi connectivity index (χ1) is 11.2. The summed E-state index contributed by atoms with van der Waals surface area (Å²) in [5.74, 6) is -0.755. The fourth-order valence-electron chi connectivity index (χ4n) is 2.72. The van der Waals surface area contributed by atoms with Crippen LogP contribution in [0.2, 0.25) is 0 Å². The fraction of sp³-hybridized carbons (Fsp3) is 0.263. The van der Waals surface area contributed by atoms with Gasteiger partial charge in [-0.25, -0.2) is 4.39 Å². The molecule has 1 aromatic heterocycles. The van der Waals surface area contributed by atoms with Crippen LogP contribution in [-0.2, 0) is 9.53 Å². The molecule has 118 valence electrons. The zero-order chi connectivity index (χ0) is 16.1. The van der Waals surface area contributed by atoms with Crippen molar-refractivity contribution >= 4 is 5.97 Å². The highest BCUT2D eigenvalue weighted by atomic mass is 19.1. The summed E-state index contributed by atoms with van der Waals surface area (Å²) >= 11 is 0. The van der Waals surface area contributed by atoms with Gasteiger partial charge in [0.15, 0.2) is 6.10 Å². The van der Waals surface area contributed by atoms with E-state index in [0.29, 0.717) is 17.7 Å². The Kier molecular flexibility index (Phi) is 4.81. The molecule has 0 radical (unpaired) electrons. The van der Waals surface area contributed by atoms with E-state index in [9.17, 15) is 9.18 Å². The Morgan fingerprint density at radius 3 is 2.83 bits per heavy atom. The van der Waals surface area contributed by atoms with Crippen molar-refractivity contribution in [2.75, 3.05) is 0 Å². The lowest BCUT2D eigenvalue weighted by Crippen LogP contribution is -2.22. The Hall–Kier alpha value is -2.49. The maximum atomic E-state index is 13.6. The van der Waals surface area contributed by atoms with Crippen molar-refractivity contribution in [1.29, 1.82) is 0 Å². The van der Waals surface area contributed by atoms with E-state index in [2.05, 4.69) is 11.1 Å². The molecule has 4 heteroatoms. The number of nitrogens with zero attached hydrogens (tertiary/aromatic N) is 1. The molecule has 0 unspecified atom stereocenters. The molecule has 0 saturated heterocycles. The second-order valence-corrected chi connectivity index (χ2v) is 5.61. The SMILES string of the molecule is O=C(O[C@@H](c1cccc(F)c1)c1ccccn1)[C@H]1CC=CCC1. The maximum absolute atomic E-state index is 13.6. The highest BCUT2D eigenvalue weighted by Gasteiger charge is 2.26. The fourth-order valence-corrected chi connectivity index (χ4v) is 2.72. The molecule has 0 N–H and O–H groups in total. The lowest BCUT2D eigenvalue weighted by molar-refractivity contribution is -0.153. The van der Waals surface area contributed by atoms with E-state index in [0.717, 1.165) is 12.8 Å². The van der Waals surface area contributed by atoms with Gasteiger partial charge in [-0.15, -0.1) is 0 Å². The van der Waals surface area contributed by atoms with Gasteiger partial charge < -0.3 is 4.74 Å². The summed E-state index contributed by atoms with van der Waals surface area (Å²) in [6.07, 6.45) is 7.39. The number of aromatic nitrogens is 1. The van der Waals surface area contributed by atoms with Crippen molar-refractivity contribution in [3.05, 3.63) is 77.9 Å². The van der Waals surface area contributed by atoms with E-state index in [-0.39, 0.29) is 17.7 Å². The third-order valence-electron chi connectivity index (χ3n) is 3.94. The smallest absolute Gasteiger partial charge is 0.310 e. The quantitative estimate of drug-likeness (QED) is 0.627. The summed E-state index contributed by atoms with van der Waals surface area (Å²) in [5, 5.41) is 0. The zero-order valence-electron chi connectivity index (χ0n) is 12.7. The first kappa shape index (κ1) is 15.4. The molecule has 0 bridgehead atoms. The summed E-state index contributed by atoms with van der Waals surface area (Å²) < 4.78 is 19.3. The van der Waals surface area contributed by atoms with Crippen molar-refractivity contribution < 1.29 is 13.9 Å². The molecule has 0 saturated carbocycles. The van der Waals surface area contributed by atoms with Gasteiger partial charge in [0.2, 0.25) is 0 Å². The van der Waals surface area contributed by atoms with Crippen LogP contribution < -0.4 is 0 Å². The molecule has 0 spiro atoms. The lowest BCUT2D eigenvalue weighted by atomic mass is 9.94. The number of halogens is 1. The van der Waals surface area contributed by atoms with Crippen molar-refractivity contribution in [3.63, 3.8) is 0 Å². The van der Waals surface area contributed by atoms with E-state index in [1.807, 2.05) is 12.1 Å². The average molecular weight is 311 g/mol. The van der Waals surface area contributed by atoms with Crippen LogP contribution in [0.3, 0.4) is 0 Å². The summed E-state index contributed by atoms with van der Waals surface area (Å²) in [6.45, 7) is 0. The minimum Gasteiger partial charge on any atom is -0.451 e. The standard InChI is InChI=1S/C19H18FNO2/c20-16-10-6-9-15(13-16)18(17-11-4-5-12-21-17)23-19(22)14-7-2-1-3-8-14/h1-2,4-6,9-14,18H,3,7-8H2/t14-,18-/m0/s1. The van der Waals surface area contributed by atoms with E-state index in [1.165, 1.54) is 12.1 Å². The van der Waals surface area contributed by atoms with Gasteiger partial charge in [-0.05, 0) is 43.5 Å². The minimum absolute atomic E-state index is 0.139. The maximum Gasteiger partial charge on any atom is 0.310 e. The Bertz CT molecular complexity index is 700. The van der Waals surface area contributed by atoms with Crippen LogP contribution in [-0.4, -0.2) is 11.0 Å². The highest BCUT2D eigenvalue weighted by molar-refractivity contribution is 5.73. The van der Waals surface area contributed by atoms with Gasteiger partial charge in [0.1, 0.15) is 5.82 Å². The van der Waals surface area contributed by atoms with Gasteiger partial charge in [-0.1, -0.05) is 30.4 Å². The van der Waals surface area contributed by atoms with Gasteiger partial charge in [0.25, 0.3) is 0 Å². The molecule has 1 aliphatic rings. The molecule has 1 aromatic carbocycles. The van der Waals surface area contributed by atoms with E-state index < -0.39 is 6.10 Å². The molecule has 3 rings (SSSR count). The summed E-state index contributed by atoms with van der Waals surface area (Å²) in [7, 11) is 0. The van der Waals surface area contributed by atoms with Crippen molar-refractivity contribution in [3.8, 4) is 0 Å². The van der Waals surface area contributed by atoms with Gasteiger partial charge in [-0.2, -0.15) is 0 Å². The molecule has 2 aromatic rings. The topological polar surface area (TPSA) is 39.2 Å². The molecule has 2 atom stereocenters. The first-order valence-electron chi connectivity index (χ1n) is 7.76. The zero-order valence-corrected chi connectivity index (χ0v) is 12.7. The number of esters is 1. The Morgan fingerprint density at radius 1 is 1.22 bits per heavy atom. The van der Waals surface area contributed by atoms with Crippen LogP contribution in [0.1, 0.15) is 36.6 Å². The van der Waals surface area contributed by atoms with Gasteiger partial charge in [0.05, 0.1) is 11.6 Å². The van der Waals surface area contributed by atoms with Gasteiger partial charge in [0, 0.05) is 11.8 Å². The number of carbonyl (C=O) groups excluding carboxylic acids is 1. The average Bonchev–Trinajstić information content (AvgIpc) is 2.61. The van der Waals surface area contributed by atoms with Crippen LogP contribution in [0.25, 0.3) is 0 Å². The molecule has 0 aliphatic heterocycles.